The van der Waals surface area contributed by atoms with Gasteiger partial charge in [-0.3, -0.25) is 0 Å². The van der Waals surface area contributed by atoms with E-state index in [0.717, 1.165) is 4.90 Å². The average Bonchev–Trinajstić information content (AvgIpc) is 2.19. The smallest absolute Gasteiger partial charge is 0.140 e. The molecular formula is C9H9ClN2S. The average molecular weight is 213 g/mol. The molecule has 4 heteroatoms. The van der Waals surface area contributed by atoms with Gasteiger partial charge in [-0.1, -0.05) is 6.92 Å². The van der Waals surface area contributed by atoms with Crippen LogP contribution in [0.5, 0.6) is 0 Å². The van der Waals surface area contributed by atoms with Crippen LogP contribution in [0.2, 0.25) is 0 Å². The minimum atomic E-state index is 0.372. The number of nitrogens with zero attached hydrogens (tertiary/aromatic N) is 2. The van der Waals surface area contributed by atoms with Gasteiger partial charge in [-0.15, -0.1) is 23.4 Å². The van der Waals surface area contributed by atoms with Crippen LogP contribution < -0.4 is 0 Å². The summed E-state index contributed by atoms with van der Waals surface area (Å²) in [5, 5.41) is 8.89. The zero-order valence-electron chi connectivity index (χ0n) is 7.20. The Morgan fingerprint density at radius 3 is 2.92 bits per heavy atom. The number of hydrogen-bond acceptors (Lipinski definition) is 3. The van der Waals surface area contributed by atoms with Crippen molar-refractivity contribution in [2.75, 3.05) is 5.88 Å². The van der Waals surface area contributed by atoms with Gasteiger partial charge in [-0.05, 0) is 12.1 Å². The van der Waals surface area contributed by atoms with E-state index in [-0.39, 0.29) is 0 Å². The van der Waals surface area contributed by atoms with Crippen molar-refractivity contribution in [1.29, 1.82) is 5.26 Å². The minimum absolute atomic E-state index is 0.372. The summed E-state index contributed by atoms with van der Waals surface area (Å²) in [7, 11) is 0. The Hall–Kier alpha value is -0.720. The second-order valence-corrected chi connectivity index (χ2v) is 4.39. The highest BCUT2D eigenvalue weighted by atomic mass is 35.5. The molecule has 0 aliphatic rings. The molecule has 2 nitrogen and oxygen atoms in total. The highest BCUT2D eigenvalue weighted by Gasteiger charge is 2.02. The van der Waals surface area contributed by atoms with Gasteiger partial charge in [0.05, 0.1) is 0 Å². The molecular weight excluding hydrogens is 204 g/mol. The molecule has 0 amide bonds. The summed E-state index contributed by atoms with van der Waals surface area (Å²) in [6, 6.07) is 5.57. The molecule has 0 aliphatic heterocycles. The zero-order valence-corrected chi connectivity index (χ0v) is 8.77. The van der Waals surface area contributed by atoms with Crippen molar-refractivity contribution < 1.29 is 0 Å². The maximum absolute atomic E-state index is 8.52. The Kier molecular flexibility index (Phi) is 4.07. The number of hydrogen-bond donors (Lipinski definition) is 0. The van der Waals surface area contributed by atoms with Crippen LogP contribution in [0, 0.1) is 11.3 Å². The lowest BCUT2D eigenvalue weighted by Crippen LogP contribution is -1.96. The summed E-state index contributed by atoms with van der Waals surface area (Å²) in [6.07, 6.45) is 1.70. The van der Waals surface area contributed by atoms with Crippen LogP contribution in [0.1, 0.15) is 12.6 Å². The molecule has 1 aromatic heterocycles. The summed E-state index contributed by atoms with van der Waals surface area (Å²) in [5.41, 5.74) is 0.447. The Balaban J connectivity index is 2.65. The molecule has 0 bridgehead atoms. The summed E-state index contributed by atoms with van der Waals surface area (Å²) in [5.74, 6) is 0.616. The predicted octanol–water partition coefficient (Wildman–Crippen LogP) is 2.67. The molecule has 0 aromatic carbocycles. The molecule has 0 N–H and O–H groups in total. The first-order valence-electron chi connectivity index (χ1n) is 3.85. The van der Waals surface area contributed by atoms with Crippen LogP contribution in [0.4, 0.5) is 0 Å². The normalized spacial score (nSPS) is 12.1. The van der Waals surface area contributed by atoms with Crippen molar-refractivity contribution in [3.8, 4) is 6.07 Å². The van der Waals surface area contributed by atoms with E-state index in [1.165, 1.54) is 0 Å². The van der Waals surface area contributed by atoms with E-state index >= 15 is 0 Å². The first-order valence-corrected chi connectivity index (χ1v) is 5.26. The van der Waals surface area contributed by atoms with Gasteiger partial charge in [0.15, 0.2) is 0 Å². The van der Waals surface area contributed by atoms with E-state index < -0.39 is 0 Å². The van der Waals surface area contributed by atoms with E-state index in [1.807, 2.05) is 12.1 Å². The number of nitriles is 1. The third kappa shape index (κ3) is 3.25. The molecule has 1 atom stereocenters. The van der Waals surface area contributed by atoms with Crippen LogP contribution in [0.3, 0.4) is 0 Å². The SMILES string of the molecule is CC(CCl)Sc1ccc(C#N)nc1. The van der Waals surface area contributed by atoms with Crippen LogP contribution in [-0.2, 0) is 0 Å². The number of rotatable bonds is 3. The summed E-state index contributed by atoms with van der Waals surface area (Å²) >= 11 is 7.33. The lowest BCUT2D eigenvalue weighted by molar-refractivity contribution is 1.11. The Morgan fingerprint density at radius 1 is 1.69 bits per heavy atom. The van der Waals surface area contributed by atoms with Crippen LogP contribution in [0.15, 0.2) is 23.2 Å². The first-order chi connectivity index (χ1) is 6.26. The quantitative estimate of drug-likeness (QED) is 0.571. The molecule has 1 heterocycles. The van der Waals surface area contributed by atoms with Gasteiger partial charge in [0.25, 0.3) is 0 Å². The molecule has 0 saturated heterocycles. The molecule has 0 aliphatic carbocycles. The van der Waals surface area contributed by atoms with Gasteiger partial charge in [-0.25, -0.2) is 4.98 Å². The summed E-state index contributed by atoms with van der Waals surface area (Å²) < 4.78 is 0. The highest BCUT2D eigenvalue weighted by Crippen LogP contribution is 2.22. The third-order valence-corrected chi connectivity index (χ3v) is 3.13. The number of alkyl halides is 1. The van der Waals surface area contributed by atoms with E-state index in [2.05, 4.69) is 11.9 Å². The second-order valence-electron chi connectivity index (χ2n) is 2.57. The van der Waals surface area contributed by atoms with Crippen LogP contribution in [-0.4, -0.2) is 16.1 Å². The predicted molar refractivity (Wildman–Crippen MR) is 55.0 cm³/mol. The fraction of sp³-hybridized carbons (Fsp3) is 0.333. The van der Waals surface area contributed by atoms with Crippen LogP contribution in [0.25, 0.3) is 0 Å². The van der Waals surface area contributed by atoms with Gasteiger partial charge in [0.2, 0.25) is 0 Å². The standard InChI is InChI=1S/C9H9ClN2S/c1-7(4-10)13-9-3-2-8(5-11)12-6-9/h2-3,6-7H,4H2,1H3. The maximum Gasteiger partial charge on any atom is 0.140 e. The van der Waals surface area contributed by atoms with Gasteiger partial charge in [0.1, 0.15) is 11.8 Å². The zero-order chi connectivity index (χ0) is 9.68. The molecule has 13 heavy (non-hydrogen) atoms. The van der Waals surface area contributed by atoms with Gasteiger partial charge < -0.3 is 0 Å². The second kappa shape index (κ2) is 5.11. The molecule has 68 valence electrons. The van der Waals surface area contributed by atoms with Crippen molar-refractivity contribution >= 4 is 23.4 Å². The van der Waals surface area contributed by atoms with E-state index in [9.17, 15) is 0 Å². The Bertz CT molecular complexity index is 304. The van der Waals surface area contributed by atoms with E-state index in [4.69, 9.17) is 16.9 Å². The summed E-state index contributed by atoms with van der Waals surface area (Å²) in [4.78, 5) is 5.01. The van der Waals surface area contributed by atoms with E-state index in [1.54, 1.807) is 24.0 Å². The van der Waals surface area contributed by atoms with Gasteiger partial charge >= 0.3 is 0 Å². The van der Waals surface area contributed by atoms with Crippen molar-refractivity contribution in [3.63, 3.8) is 0 Å². The topological polar surface area (TPSA) is 36.7 Å². The minimum Gasteiger partial charge on any atom is -0.244 e. The molecule has 0 fully saturated rings. The Morgan fingerprint density at radius 2 is 2.46 bits per heavy atom. The molecule has 1 rings (SSSR count). The fourth-order valence-electron chi connectivity index (χ4n) is 0.780. The lowest BCUT2D eigenvalue weighted by Gasteiger charge is -2.05. The van der Waals surface area contributed by atoms with Gasteiger partial charge in [-0.2, -0.15) is 5.26 Å². The molecule has 1 aromatic rings. The lowest BCUT2D eigenvalue weighted by atomic mass is 10.4. The van der Waals surface area contributed by atoms with Gasteiger partial charge in [0, 0.05) is 22.2 Å². The Labute approximate surface area is 86.9 Å². The monoisotopic (exact) mass is 212 g/mol. The number of aromatic nitrogens is 1. The third-order valence-electron chi connectivity index (χ3n) is 1.41. The first kappa shape index (κ1) is 10.4. The van der Waals surface area contributed by atoms with Crippen molar-refractivity contribution in [1.82, 2.24) is 4.98 Å². The number of thioether (sulfide) groups is 1. The fourth-order valence-corrected chi connectivity index (χ4v) is 1.76. The number of halogens is 1. The number of pyridine rings is 1. The maximum atomic E-state index is 8.52. The van der Waals surface area contributed by atoms with Crippen molar-refractivity contribution in [2.45, 2.75) is 17.1 Å². The summed E-state index contributed by atoms with van der Waals surface area (Å²) in [6.45, 7) is 2.05. The van der Waals surface area contributed by atoms with Crippen molar-refractivity contribution in [2.24, 2.45) is 0 Å². The largest absolute Gasteiger partial charge is 0.244 e. The highest BCUT2D eigenvalue weighted by molar-refractivity contribution is 8.00. The molecule has 1 unspecified atom stereocenters. The molecule has 0 spiro atoms. The molecule has 0 saturated carbocycles. The van der Waals surface area contributed by atoms with Crippen LogP contribution >= 0.6 is 23.4 Å². The molecule has 0 radical (unpaired) electrons. The van der Waals surface area contributed by atoms with E-state index in [0.29, 0.717) is 16.8 Å². The van der Waals surface area contributed by atoms with Crippen molar-refractivity contribution in [3.05, 3.63) is 24.0 Å².